The minimum absolute atomic E-state index is 0. The quantitative estimate of drug-likeness (QED) is 0.608. The van der Waals surface area contributed by atoms with Gasteiger partial charge >= 0.3 is 0 Å². The summed E-state index contributed by atoms with van der Waals surface area (Å²) in [6.45, 7) is 5.31. The van der Waals surface area contributed by atoms with Gasteiger partial charge < -0.3 is 17.3 Å². The molecule has 0 bridgehead atoms. The average molecular weight is 286 g/mol. The summed E-state index contributed by atoms with van der Waals surface area (Å²) in [5.41, 5.74) is 0.414. The first-order chi connectivity index (χ1) is 8.63. The molecule has 1 heterocycles. The number of nitrogens with one attached hydrogen (secondary N) is 1. The van der Waals surface area contributed by atoms with Crippen LogP contribution in [0.25, 0.3) is 0 Å². The summed E-state index contributed by atoms with van der Waals surface area (Å²) in [5.74, 6) is 5.47. The number of quaternary nitrogens is 1. The van der Waals surface area contributed by atoms with E-state index in [-0.39, 0.29) is 12.4 Å². The van der Waals surface area contributed by atoms with Crippen molar-refractivity contribution in [3.63, 3.8) is 0 Å². The smallest absolute Gasteiger partial charge is 0.139 e. The first-order valence-corrected chi connectivity index (χ1v) is 6.42. The molecule has 1 N–H and O–H groups in total. The highest BCUT2D eigenvalue weighted by atomic mass is 35.5. The molecule has 2 atom stereocenters. The van der Waals surface area contributed by atoms with Crippen LogP contribution in [0.3, 0.4) is 0 Å². The van der Waals surface area contributed by atoms with Crippen LogP contribution in [-0.2, 0) is 0 Å². The third kappa shape index (κ3) is 5.18. The van der Waals surface area contributed by atoms with Gasteiger partial charge in [-0.2, -0.15) is 0 Å². The summed E-state index contributed by atoms with van der Waals surface area (Å²) in [6.07, 6.45) is 2.54. The van der Waals surface area contributed by atoms with E-state index >= 15 is 0 Å². The highest BCUT2D eigenvalue weighted by Crippen LogP contribution is 2.06. The van der Waals surface area contributed by atoms with Crippen molar-refractivity contribution in [1.29, 1.82) is 0 Å². The van der Waals surface area contributed by atoms with E-state index in [9.17, 15) is 8.78 Å². The fourth-order valence-corrected chi connectivity index (χ4v) is 2.46. The van der Waals surface area contributed by atoms with Gasteiger partial charge in [-0.25, -0.2) is 8.78 Å². The minimum atomic E-state index is -0.571. The first-order valence-electron chi connectivity index (χ1n) is 6.42. The van der Waals surface area contributed by atoms with Crippen LogP contribution in [0.5, 0.6) is 0 Å². The number of halogens is 3. The maximum absolute atomic E-state index is 12.9. The molecule has 2 rings (SSSR count). The SMILES string of the molecule is CC1CCC[NH+](CC#Cc2cc(F)cc(F)c2)C1.[Cl-]. The molecule has 1 aliphatic heterocycles. The Hall–Kier alpha value is -1.11. The van der Waals surface area contributed by atoms with Crippen LogP contribution in [0.15, 0.2) is 18.2 Å². The number of hydrogen-bond donors (Lipinski definition) is 1. The summed E-state index contributed by atoms with van der Waals surface area (Å²) in [6, 6.07) is 3.40. The number of hydrogen-bond acceptors (Lipinski definition) is 0. The minimum Gasteiger partial charge on any atom is -1.00 e. The molecule has 1 aliphatic rings. The number of likely N-dealkylation sites (tertiary alicyclic amines) is 1. The van der Waals surface area contributed by atoms with Gasteiger partial charge in [0, 0.05) is 17.5 Å². The lowest BCUT2D eigenvalue weighted by molar-refractivity contribution is -0.901. The van der Waals surface area contributed by atoms with E-state index in [1.807, 2.05) is 0 Å². The van der Waals surface area contributed by atoms with Crippen molar-refractivity contribution < 1.29 is 26.1 Å². The number of piperidine rings is 1. The molecule has 4 heteroatoms. The van der Waals surface area contributed by atoms with Crippen LogP contribution in [0, 0.1) is 29.4 Å². The van der Waals surface area contributed by atoms with E-state index in [0.717, 1.165) is 31.6 Å². The van der Waals surface area contributed by atoms with Crippen LogP contribution < -0.4 is 17.3 Å². The second-order valence-corrected chi connectivity index (χ2v) is 5.09. The standard InChI is InChI=1S/C15H17F2N.ClH/c1-12-4-2-6-18(11-12)7-3-5-13-8-14(16)10-15(17)9-13;/h8-10,12H,2,4,6-7,11H2,1H3;1H. The fourth-order valence-electron chi connectivity index (χ4n) is 2.46. The number of benzene rings is 1. The zero-order chi connectivity index (χ0) is 13.0. The van der Waals surface area contributed by atoms with Gasteiger partial charge in [0.25, 0.3) is 0 Å². The van der Waals surface area contributed by atoms with Crippen LogP contribution in [0.2, 0.25) is 0 Å². The van der Waals surface area contributed by atoms with E-state index < -0.39 is 11.6 Å². The normalized spacial score (nSPS) is 22.1. The molecule has 0 aromatic heterocycles. The van der Waals surface area contributed by atoms with Gasteiger partial charge in [-0.1, -0.05) is 12.8 Å². The van der Waals surface area contributed by atoms with Crippen molar-refractivity contribution in [2.45, 2.75) is 19.8 Å². The van der Waals surface area contributed by atoms with Crippen LogP contribution in [-0.4, -0.2) is 19.6 Å². The average Bonchev–Trinajstić information content (AvgIpc) is 2.27. The van der Waals surface area contributed by atoms with Crippen LogP contribution in [0.1, 0.15) is 25.3 Å². The van der Waals surface area contributed by atoms with Crippen molar-refractivity contribution in [1.82, 2.24) is 0 Å². The third-order valence-electron chi connectivity index (χ3n) is 3.30. The van der Waals surface area contributed by atoms with Crippen molar-refractivity contribution in [2.24, 2.45) is 5.92 Å². The zero-order valence-electron chi connectivity index (χ0n) is 11.0. The summed E-state index contributed by atoms with van der Waals surface area (Å²) in [4.78, 5) is 1.47. The third-order valence-corrected chi connectivity index (χ3v) is 3.30. The van der Waals surface area contributed by atoms with Gasteiger partial charge in [0.15, 0.2) is 0 Å². The molecular formula is C15H18ClF2N. The van der Waals surface area contributed by atoms with Gasteiger partial charge in [-0.3, -0.25) is 0 Å². The Morgan fingerprint density at radius 2 is 1.95 bits per heavy atom. The molecule has 1 aromatic carbocycles. The highest BCUT2D eigenvalue weighted by molar-refractivity contribution is 5.34. The van der Waals surface area contributed by atoms with Gasteiger partial charge in [0.2, 0.25) is 0 Å². The Balaban J connectivity index is 0.00000180. The van der Waals surface area contributed by atoms with Crippen LogP contribution >= 0.6 is 0 Å². The van der Waals surface area contributed by atoms with E-state index in [4.69, 9.17) is 0 Å². The predicted molar refractivity (Wildman–Crippen MR) is 67.2 cm³/mol. The van der Waals surface area contributed by atoms with Gasteiger partial charge in [-0.15, -0.1) is 0 Å². The van der Waals surface area contributed by atoms with E-state index in [0.29, 0.717) is 5.56 Å². The van der Waals surface area contributed by atoms with Crippen molar-refractivity contribution >= 4 is 0 Å². The second-order valence-electron chi connectivity index (χ2n) is 5.09. The lowest BCUT2D eigenvalue weighted by Crippen LogP contribution is -3.13. The van der Waals surface area contributed by atoms with Crippen molar-refractivity contribution in [2.75, 3.05) is 19.6 Å². The second kappa shape index (κ2) is 7.47. The van der Waals surface area contributed by atoms with Gasteiger partial charge in [0.05, 0.1) is 13.1 Å². The molecule has 2 unspecified atom stereocenters. The monoisotopic (exact) mass is 285 g/mol. The molecule has 0 saturated carbocycles. The van der Waals surface area contributed by atoms with Crippen molar-refractivity contribution in [3.05, 3.63) is 35.4 Å². The fraction of sp³-hybridized carbons (Fsp3) is 0.467. The lowest BCUT2D eigenvalue weighted by Gasteiger charge is -2.26. The molecule has 1 fully saturated rings. The first kappa shape index (κ1) is 15.9. The molecule has 19 heavy (non-hydrogen) atoms. The molecule has 0 aliphatic carbocycles. The Labute approximate surface area is 119 Å². The molecule has 0 radical (unpaired) electrons. The zero-order valence-corrected chi connectivity index (χ0v) is 11.7. The summed E-state index contributed by atoms with van der Waals surface area (Å²) in [7, 11) is 0. The van der Waals surface area contributed by atoms with Crippen molar-refractivity contribution in [3.8, 4) is 11.8 Å². The lowest BCUT2D eigenvalue weighted by atomic mass is 10.0. The molecular weight excluding hydrogens is 268 g/mol. The molecule has 1 aromatic rings. The summed E-state index contributed by atoms with van der Waals surface area (Å²) >= 11 is 0. The maximum atomic E-state index is 12.9. The molecule has 0 spiro atoms. The van der Waals surface area contributed by atoms with E-state index in [1.54, 1.807) is 0 Å². The maximum Gasteiger partial charge on any atom is 0.139 e. The highest BCUT2D eigenvalue weighted by Gasteiger charge is 2.17. The molecule has 104 valence electrons. The Kier molecular flexibility index (Phi) is 6.27. The van der Waals surface area contributed by atoms with Gasteiger partial charge in [0.1, 0.15) is 18.2 Å². The Morgan fingerprint density at radius 3 is 2.58 bits per heavy atom. The topological polar surface area (TPSA) is 4.44 Å². The van der Waals surface area contributed by atoms with Crippen LogP contribution in [0.4, 0.5) is 8.78 Å². The van der Waals surface area contributed by atoms with E-state index in [1.165, 1.54) is 29.9 Å². The predicted octanol–water partition coefficient (Wildman–Crippen LogP) is -1.36. The Morgan fingerprint density at radius 1 is 1.26 bits per heavy atom. The molecule has 0 amide bonds. The molecule has 1 nitrogen and oxygen atoms in total. The summed E-state index contributed by atoms with van der Waals surface area (Å²) in [5, 5.41) is 0. The number of rotatable bonds is 1. The Bertz CT molecular complexity index is 459. The largest absolute Gasteiger partial charge is 1.00 e. The summed E-state index contributed by atoms with van der Waals surface area (Å²) < 4.78 is 25.9. The van der Waals surface area contributed by atoms with Gasteiger partial charge in [-0.05, 0) is 30.9 Å². The van der Waals surface area contributed by atoms with E-state index in [2.05, 4.69) is 18.8 Å². The molecule has 1 saturated heterocycles.